The lowest BCUT2D eigenvalue weighted by Gasteiger charge is -2.35. The van der Waals surface area contributed by atoms with Gasteiger partial charge in [0.25, 0.3) is 5.91 Å². The summed E-state index contributed by atoms with van der Waals surface area (Å²) < 4.78 is 42.5. The van der Waals surface area contributed by atoms with E-state index in [9.17, 15) is 18.0 Å². The summed E-state index contributed by atoms with van der Waals surface area (Å²) in [6.07, 6.45) is 0.960. The van der Waals surface area contributed by atoms with Gasteiger partial charge in [0.1, 0.15) is 0 Å². The zero-order valence-corrected chi connectivity index (χ0v) is 15.8. The zero-order valence-electron chi connectivity index (χ0n) is 15.0. The molecule has 1 atom stereocenters. The molecule has 1 fully saturated rings. The van der Waals surface area contributed by atoms with Crippen molar-refractivity contribution in [3.63, 3.8) is 0 Å². The van der Waals surface area contributed by atoms with Crippen LogP contribution in [0.3, 0.4) is 0 Å². The maximum absolute atomic E-state index is 12.4. The van der Waals surface area contributed by atoms with Crippen LogP contribution in [0.4, 0.5) is 13.2 Å². The van der Waals surface area contributed by atoms with Crippen molar-refractivity contribution in [2.24, 2.45) is 5.92 Å². The number of carbonyl (C=O) groups excluding carboxylic acids is 1. The summed E-state index contributed by atoms with van der Waals surface area (Å²) in [5, 5.41) is 2.92. The van der Waals surface area contributed by atoms with Gasteiger partial charge >= 0.3 is 5.51 Å². The van der Waals surface area contributed by atoms with E-state index >= 15 is 0 Å². The molecule has 26 heavy (non-hydrogen) atoms. The van der Waals surface area contributed by atoms with Gasteiger partial charge in [-0.3, -0.25) is 9.69 Å². The summed E-state index contributed by atoms with van der Waals surface area (Å²) in [5.74, 6) is 0.231. The van der Waals surface area contributed by atoms with Gasteiger partial charge in [-0.15, -0.1) is 0 Å². The molecule has 0 spiro atoms. The van der Waals surface area contributed by atoms with E-state index in [0.717, 1.165) is 19.5 Å². The predicted octanol–water partition coefficient (Wildman–Crippen LogP) is 3.78. The number of thioether (sulfide) groups is 1. The molecule has 0 aromatic heterocycles. The predicted molar refractivity (Wildman–Crippen MR) is 96.3 cm³/mol. The van der Waals surface area contributed by atoms with Crippen molar-refractivity contribution in [3.05, 3.63) is 29.8 Å². The summed E-state index contributed by atoms with van der Waals surface area (Å²) in [4.78, 5) is 14.7. The van der Waals surface area contributed by atoms with Crippen LogP contribution in [0.25, 0.3) is 0 Å². The highest BCUT2D eigenvalue weighted by Crippen LogP contribution is 2.36. The van der Waals surface area contributed by atoms with Crippen molar-refractivity contribution >= 4 is 17.7 Å². The summed E-state index contributed by atoms with van der Waals surface area (Å²) in [6, 6.07) is 5.72. The Kier molecular flexibility index (Phi) is 7.79. The smallest absolute Gasteiger partial charge is 0.379 e. The van der Waals surface area contributed by atoms with E-state index in [1.54, 1.807) is 0 Å². The Hall–Kier alpha value is -1.25. The SMILES string of the molecule is CC(C)CC(CNC(=O)c1ccc(SC(F)(F)F)cc1)N1CCOCC1. The van der Waals surface area contributed by atoms with Crippen LogP contribution in [-0.4, -0.2) is 55.2 Å². The van der Waals surface area contributed by atoms with E-state index in [1.807, 2.05) is 0 Å². The number of rotatable bonds is 7. The molecule has 0 saturated carbocycles. The van der Waals surface area contributed by atoms with Crippen LogP contribution in [0, 0.1) is 5.92 Å². The summed E-state index contributed by atoms with van der Waals surface area (Å²) in [5.41, 5.74) is -3.96. The fraction of sp³-hybridized carbons (Fsp3) is 0.611. The van der Waals surface area contributed by atoms with Crippen molar-refractivity contribution in [3.8, 4) is 0 Å². The van der Waals surface area contributed by atoms with Gasteiger partial charge in [0.15, 0.2) is 0 Å². The van der Waals surface area contributed by atoms with Crippen LogP contribution < -0.4 is 5.32 Å². The van der Waals surface area contributed by atoms with Gasteiger partial charge in [-0.1, -0.05) is 13.8 Å². The lowest BCUT2D eigenvalue weighted by molar-refractivity contribution is -0.0328. The van der Waals surface area contributed by atoms with Crippen molar-refractivity contribution in [1.29, 1.82) is 0 Å². The topological polar surface area (TPSA) is 41.6 Å². The van der Waals surface area contributed by atoms with Gasteiger partial charge in [0.2, 0.25) is 0 Å². The fourth-order valence-electron chi connectivity index (χ4n) is 2.97. The lowest BCUT2D eigenvalue weighted by atomic mass is 10.0. The average Bonchev–Trinajstić information content (AvgIpc) is 2.58. The summed E-state index contributed by atoms with van der Waals surface area (Å²) in [7, 11) is 0. The molecule has 1 saturated heterocycles. The number of alkyl halides is 3. The monoisotopic (exact) mass is 390 g/mol. The Balaban J connectivity index is 1.92. The Morgan fingerprint density at radius 2 is 1.85 bits per heavy atom. The Morgan fingerprint density at radius 1 is 1.23 bits per heavy atom. The lowest BCUT2D eigenvalue weighted by Crippen LogP contribution is -2.49. The molecule has 1 unspecified atom stereocenters. The van der Waals surface area contributed by atoms with E-state index in [-0.39, 0.29) is 28.6 Å². The van der Waals surface area contributed by atoms with E-state index < -0.39 is 5.51 Å². The molecule has 0 bridgehead atoms. The molecular formula is C18H25F3N2O2S. The molecule has 1 aromatic carbocycles. The number of morpholine rings is 1. The number of benzene rings is 1. The highest BCUT2D eigenvalue weighted by atomic mass is 32.2. The van der Waals surface area contributed by atoms with E-state index in [4.69, 9.17) is 4.74 Å². The second-order valence-corrected chi connectivity index (χ2v) is 7.85. The second-order valence-electron chi connectivity index (χ2n) is 6.71. The van der Waals surface area contributed by atoms with Crippen molar-refractivity contribution in [2.45, 2.75) is 36.7 Å². The van der Waals surface area contributed by atoms with E-state index in [2.05, 4.69) is 24.1 Å². The van der Waals surface area contributed by atoms with Gasteiger partial charge in [0, 0.05) is 36.1 Å². The molecule has 8 heteroatoms. The first-order chi connectivity index (χ1) is 12.2. The highest BCUT2D eigenvalue weighted by molar-refractivity contribution is 8.00. The van der Waals surface area contributed by atoms with Gasteiger partial charge in [-0.2, -0.15) is 13.2 Å². The number of carbonyl (C=O) groups is 1. The molecule has 1 aliphatic heterocycles. The standard InChI is InChI=1S/C18H25F3N2O2S/c1-13(2)11-15(23-7-9-25-10-8-23)12-22-17(24)14-3-5-16(6-4-14)26-18(19,20)21/h3-6,13,15H,7-12H2,1-2H3,(H,22,24). The van der Waals surface area contributed by atoms with Gasteiger partial charge in [-0.05, 0) is 48.4 Å². The molecule has 4 nitrogen and oxygen atoms in total. The van der Waals surface area contributed by atoms with Crippen LogP contribution in [0.1, 0.15) is 30.6 Å². The molecule has 2 rings (SSSR count). The first kappa shape index (κ1) is 21.1. The van der Waals surface area contributed by atoms with Crippen LogP contribution in [-0.2, 0) is 4.74 Å². The summed E-state index contributed by atoms with van der Waals surface area (Å²) in [6.45, 7) is 7.88. The second kappa shape index (κ2) is 9.62. The molecule has 1 aromatic rings. The molecule has 1 heterocycles. The molecular weight excluding hydrogens is 365 g/mol. The molecule has 0 aliphatic carbocycles. The van der Waals surface area contributed by atoms with Crippen LogP contribution in [0.15, 0.2) is 29.2 Å². The third-order valence-corrected chi connectivity index (χ3v) is 4.89. The Morgan fingerprint density at radius 3 is 2.38 bits per heavy atom. The largest absolute Gasteiger partial charge is 0.446 e. The maximum atomic E-state index is 12.4. The third kappa shape index (κ3) is 7.17. The van der Waals surface area contributed by atoms with E-state index in [1.165, 1.54) is 24.3 Å². The van der Waals surface area contributed by atoms with Gasteiger partial charge < -0.3 is 10.1 Å². The van der Waals surface area contributed by atoms with Crippen molar-refractivity contribution in [1.82, 2.24) is 10.2 Å². The number of hydrogen-bond acceptors (Lipinski definition) is 4. The minimum absolute atomic E-state index is 0.0695. The first-order valence-electron chi connectivity index (χ1n) is 8.70. The fourth-order valence-corrected chi connectivity index (χ4v) is 3.51. The highest BCUT2D eigenvalue weighted by Gasteiger charge is 2.29. The maximum Gasteiger partial charge on any atom is 0.446 e. The number of ether oxygens (including phenoxy) is 1. The number of nitrogens with zero attached hydrogens (tertiary/aromatic N) is 1. The Bertz CT molecular complexity index is 573. The number of hydrogen-bond donors (Lipinski definition) is 1. The minimum atomic E-state index is -4.33. The van der Waals surface area contributed by atoms with Crippen LogP contribution >= 0.6 is 11.8 Å². The number of halogens is 3. The molecule has 0 radical (unpaired) electrons. The van der Waals surface area contributed by atoms with Crippen molar-refractivity contribution in [2.75, 3.05) is 32.8 Å². The zero-order chi connectivity index (χ0) is 19.2. The van der Waals surface area contributed by atoms with Gasteiger partial charge in [-0.25, -0.2) is 0 Å². The average molecular weight is 390 g/mol. The molecule has 146 valence electrons. The number of nitrogens with one attached hydrogen (secondary N) is 1. The quantitative estimate of drug-likeness (QED) is 0.720. The molecule has 1 aliphatic rings. The van der Waals surface area contributed by atoms with E-state index in [0.29, 0.717) is 31.2 Å². The first-order valence-corrected chi connectivity index (χ1v) is 9.52. The molecule has 1 amide bonds. The third-order valence-electron chi connectivity index (χ3n) is 4.15. The van der Waals surface area contributed by atoms with Crippen LogP contribution in [0.5, 0.6) is 0 Å². The summed E-state index contributed by atoms with van der Waals surface area (Å²) >= 11 is -0.185. The van der Waals surface area contributed by atoms with Crippen LogP contribution in [0.2, 0.25) is 0 Å². The minimum Gasteiger partial charge on any atom is -0.379 e. The van der Waals surface area contributed by atoms with Gasteiger partial charge in [0.05, 0.1) is 13.2 Å². The molecule has 1 N–H and O–H groups in total. The normalized spacial score (nSPS) is 17.3. The Labute approximate surface area is 156 Å². The van der Waals surface area contributed by atoms with Crippen molar-refractivity contribution < 1.29 is 22.7 Å². The number of amides is 1.